The van der Waals surface area contributed by atoms with Gasteiger partial charge in [-0.15, -0.1) is 5.10 Å². The highest BCUT2D eigenvalue weighted by atomic mass is 16.3. The first-order valence-corrected chi connectivity index (χ1v) is 9.53. The Kier molecular flexibility index (Phi) is 4.22. The largest absolute Gasteiger partial charge is 0.396 e. The van der Waals surface area contributed by atoms with Crippen LogP contribution in [-0.4, -0.2) is 59.1 Å². The maximum absolute atomic E-state index is 10.5. The number of hydrogen-bond acceptors (Lipinski definition) is 8. The minimum absolute atomic E-state index is 0.0505. The Morgan fingerprint density at radius 1 is 1.11 bits per heavy atom. The molecule has 2 aliphatic rings. The number of hydrogen-bond donors (Lipinski definition) is 4. The van der Waals surface area contributed by atoms with Gasteiger partial charge in [-0.2, -0.15) is 0 Å². The van der Waals surface area contributed by atoms with Gasteiger partial charge in [0.05, 0.1) is 24.3 Å². The first-order valence-electron chi connectivity index (χ1n) is 9.53. The number of nitrogens with one attached hydrogen (secondary N) is 1. The van der Waals surface area contributed by atoms with Gasteiger partial charge in [0.1, 0.15) is 6.33 Å². The Morgan fingerprint density at radius 2 is 1.96 bits per heavy atom. The van der Waals surface area contributed by atoms with E-state index in [-0.39, 0.29) is 24.6 Å². The average molecular weight is 382 g/mol. The predicted molar refractivity (Wildman–Crippen MR) is 100 cm³/mol. The van der Waals surface area contributed by atoms with Gasteiger partial charge in [-0.05, 0) is 24.0 Å². The summed E-state index contributed by atoms with van der Waals surface area (Å²) in [4.78, 5) is 8.67. The normalized spacial score (nSPS) is 29.3. The van der Waals surface area contributed by atoms with E-state index < -0.39 is 12.2 Å². The van der Waals surface area contributed by atoms with E-state index in [2.05, 4.69) is 25.6 Å². The third-order valence-corrected chi connectivity index (χ3v) is 5.97. The minimum Gasteiger partial charge on any atom is -0.396 e. The van der Waals surface area contributed by atoms with E-state index in [1.54, 1.807) is 4.68 Å². The Hall–Kier alpha value is -2.62. The topological polar surface area (TPSA) is 129 Å². The Bertz CT molecular complexity index is 1010. The number of benzene rings is 1. The molecule has 146 valence electrons. The molecule has 0 saturated heterocycles. The maximum atomic E-state index is 10.5. The predicted octanol–water partition coefficient (Wildman–Crippen LogP) is 0.596. The fourth-order valence-corrected chi connectivity index (χ4v) is 4.48. The molecule has 9 heteroatoms. The van der Waals surface area contributed by atoms with Crippen molar-refractivity contribution < 1.29 is 15.3 Å². The molecule has 3 unspecified atom stereocenters. The van der Waals surface area contributed by atoms with Crippen LogP contribution in [0.25, 0.3) is 11.2 Å². The van der Waals surface area contributed by atoms with Gasteiger partial charge in [0, 0.05) is 18.9 Å². The summed E-state index contributed by atoms with van der Waals surface area (Å²) in [6, 6.07) is 7.62. The molecule has 3 aromatic rings. The molecule has 2 heterocycles. The van der Waals surface area contributed by atoms with Crippen LogP contribution >= 0.6 is 0 Å². The Balaban J connectivity index is 1.47. The number of rotatable bonds is 4. The SMILES string of the molecule is OCC1CC(n2nnc3c(N[C@@H]4c5ccccc5C[C@@H]4O)ncnc32)CC1O. The smallest absolute Gasteiger partial charge is 0.184 e. The van der Waals surface area contributed by atoms with E-state index >= 15 is 0 Å². The molecule has 4 N–H and O–H groups in total. The number of aliphatic hydroxyl groups is 3. The zero-order valence-corrected chi connectivity index (χ0v) is 15.2. The number of anilines is 1. The number of nitrogens with zero attached hydrogens (tertiary/aromatic N) is 5. The van der Waals surface area contributed by atoms with Crippen LogP contribution < -0.4 is 5.32 Å². The molecule has 2 aromatic heterocycles. The third-order valence-electron chi connectivity index (χ3n) is 5.97. The van der Waals surface area contributed by atoms with Gasteiger partial charge >= 0.3 is 0 Å². The first kappa shape index (κ1) is 17.5. The van der Waals surface area contributed by atoms with E-state index in [0.29, 0.717) is 36.2 Å². The van der Waals surface area contributed by atoms with Crippen LogP contribution in [0.15, 0.2) is 30.6 Å². The zero-order valence-electron chi connectivity index (χ0n) is 15.2. The second-order valence-electron chi connectivity index (χ2n) is 7.66. The summed E-state index contributed by atoms with van der Waals surface area (Å²) in [5.41, 5.74) is 3.28. The van der Waals surface area contributed by atoms with Crippen LogP contribution in [0.3, 0.4) is 0 Å². The molecule has 5 atom stereocenters. The van der Waals surface area contributed by atoms with Gasteiger partial charge < -0.3 is 20.6 Å². The molecule has 0 radical (unpaired) electrons. The van der Waals surface area contributed by atoms with Crippen molar-refractivity contribution in [3.63, 3.8) is 0 Å². The molecular formula is C19H22N6O3. The summed E-state index contributed by atoms with van der Waals surface area (Å²) >= 11 is 0. The highest BCUT2D eigenvalue weighted by Gasteiger charge is 2.36. The molecule has 28 heavy (non-hydrogen) atoms. The molecule has 0 aliphatic heterocycles. The van der Waals surface area contributed by atoms with Crippen LogP contribution in [-0.2, 0) is 6.42 Å². The van der Waals surface area contributed by atoms with Gasteiger partial charge in [0.25, 0.3) is 0 Å². The lowest BCUT2D eigenvalue weighted by Crippen LogP contribution is -2.22. The molecule has 1 fully saturated rings. The van der Waals surface area contributed by atoms with Crippen molar-refractivity contribution in [2.24, 2.45) is 5.92 Å². The molecule has 1 aromatic carbocycles. The van der Waals surface area contributed by atoms with Gasteiger partial charge in [-0.25, -0.2) is 14.6 Å². The lowest BCUT2D eigenvalue weighted by Gasteiger charge is -2.18. The lowest BCUT2D eigenvalue weighted by atomic mass is 10.1. The monoisotopic (exact) mass is 382 g/mol. The standard InChI is InChI=1S/C19H22N6O3/c26-8-11-5-12(7-14(11)27)25-19-17(23-24-25)18(20-9-21-19)22-16-13-4-2-1-3-10(13)6-15(16)28/h1-4,9,11-12,14-16,26-28H,5-8H2,(H,20,21,22)/t11?,12?,14?,15-,16+/m0/s1. The minimum atomic E-state index is -0.557. The molecule has 0 amide bonds. The molecule has 5 rings (SSSR count). The van der Waals surface area contributed by atoms with Crippen LogP contribution in [0.1, 0.15) is 36.1 Å². The highest BCUT2D eigenvalue weighted by Crippen LogP contribution is 2.37. The summed E-state index contributed by atoms with van der Waals surface area (Å²) in [6.07, 6.45) is 2.07. The van der Waals surface area contributed by atoms with Gasteiger partial charge in [0.15, 0.2) is 17.0 Å². The van der Waals surface area contributed by atoms with Crippen molar-refractivity contribution in [1.29, 1.82) is 0 Å². The second-order valence-corrected chi connectivity index (χ2v) is 7.66. The van der Waals surface area contributed by atoms with Gasteiger partial charge in [-0.1, -0.05) is 29.5 Å². The summed E-state index contributed by atoms with van der Waals surface area (Å²) in [5, 5.41) is 41.8. The summed E-state index contributed by atoms with van der Waals surface area (Å²) in [7, 11) is 0. The van der Waals surface area contributed by atoms with Gasteiger partial charge in [0.2, 0.25) is 0 Å². The third kappa shape index (κ3) is 2.74. The Morgan fingerprint density at radius 3 is 2.79 bits per heavy atom. The van der Waals surface area contributed by atoms with Crippen LogP contribution in [0.2, 0.25) is 0 Å². The van der Waals surface area contributed by atoms with E-state index in [1.165, 1.54) is 6.33 Å². The van der Waals surface area contributed by atoms with E-state index in [4.69, 9.17) is 0 Å². The summed E-state index contributed by atoms with van der Waals surface area (Å²) in [6.45, 7) is -0.0505. The van der Waals surface area contributed by atoms with Crippen LogP contribution in [0, 0.1) is 5.92 Å². The number of aliphatic hydroxyl groups excluding tert-OH is 3. The average Bonchev–Trinajstić information content (AvgIpc) is 3.37. The maximum Gasteiger partial charge on any atom is 0.184 e. The first-order chi connectivity index (χ1) is 13.7. The molecular weight excluding hydrogens is 360 g/mol. The van der Waals surface area contributed by atoms with E-state index in [1.807, 2.05) is 24.3 Å². The quantitative estimate of drug-likeness (QED) is 0.516. The van der Waals surface area contributed by atoms with Crippen molar-refractivity contribution in [1.82, 2.24) is 25.0 Å². The van der Waals surface area contributed by atoms with E-state index in [9.17, 15) is 15.3 Å². The van der Waals surface area contributed by atoms with Crippen LogP contribution in [0.4, 0.5) is 5.82 Å². The fraction of sp³-hybridized carbons (Fsp3) is 0.474. The molecule has 1 saturated carbocycles. The number of aromatic nitrogens is 5. The van der Waals surface area contributed by atoms with Gasteiger partial charge in [-0.3, -0.25) is 0 Å². The van der Waals surface area contributed by atoms with Crippen molar-refractivity contribution in [3.8, 4) is 0 Å². The zero-order chi connectivity index (χ0) is 19.3. The molecule has 9 nitrogen and oxygen atoms in total. The summed E-state index contributed by atoms with van der Waals surface area (Å²) in [5.74, 6) is 0.364. The van der Waals surface area contributed by atoms with Crippen LogP contribution in [0.5, 0.6) is 0 Å². The number of fused-ring (bicyclic) bond motifs is 2. The molecule has 0 spiro atoms. The second kappa shape index (κ2) is 6.77. The molecule has 2 aliphatic carbocycles. The van der Waals surface area contributed by atoms with Crippen molar-refractivity contribution >= 4 is 17.0 Å². The van der Waals surface area contributed by atoms with Crippen molar-refractivity contribution in [2.45, 2.75) is 43.6 Å². The van der Waals surface area contributed by atoms with Crippen molar-refractivity contribution in [3.05, 3.63) is 41.7 Å². The molecule has 0 bridgehead atoms. The summed E-state index contributed by atoms with van der Waals surface area (Å²) < 4.78 is 1.71. The highest BCUT2D eigenvalue weighted by molar-refractivity contribution is 5.82. The lowest BCUT2D eigenvalue weighted by molar-refractivity contribution is 0.0906. The fourth-order valence-electron chi connectivity index (χ4n) is 4.48. The van der Waals surface area contributed by atoms with E-state index in [0.717, 1.165) is 11.1 Å². The Labute approximate surface area is 161 Å². The van der Waals surface area contributed by atoms with Crippen molar-refractivity contribution in [2.75, 3.05) is 11.9 Å².